The molecule has 6 nitrogen and oxygen atoms in total. The molecule has 1 aliphatic carbocycles. The van der Waals surface area contributed by atoms with E-state index < -0.39 is 10.0 Å². The topological polar surface area (TPSA) is 96.6 Å². The number of nitrogens with one attached hydrogen (secondary N) is 2. The second-order valence-electron chi connectivity index (χ2n) is 6.53. The van der Waals surface area contributed by atoms with Crippen LogP contribution in [0, 0.1) is 5.92 Å². The fourth-order valence-corrected chi connectivity index (χ4v) is 4.86. The highest BCUT2D eigenvalue weighted by molar-refractivity contribution is 14.0. The molecule has 1 fully saturated rings. The van der Waals surface area contributed by atoms with E-state index in [9.17, 15) is 8.42 Å². The molecule has 1 aromatic rings. The monoisotopic (exact) mass is 514 g/mol. The smallest absolute Gasteiger partial charge is 0.247 e. The molecule has 0 aliphatic heterocycles. The van der Waals surface area contributed by atoms with E-state index in [2.05, 4.69) is 15.6 Å². The molecule has 0 amide bonds. The van der Waals surface area contributed by atoms with Crippen molar-refractivity contribution in [3.63, 3.8) is 0 Å². The van der Waals surface area contributed by atoms with Crippen molar-refractivity contribution in [2.45, 2.75) is 62.6 Å². The zero-order chi connectivity index (χ0) is 18.1. The lowest BCUT2D eigenvalue weighted by Crippen LogP contribution is -2.37. The van der Waals surface area contributed by atoms with Crippen molar-refractivity contribution >= 4 is 51.3 Å². The van der Waals surface area contributed by atoms with Gasteiger partial charge in [-0.3, -0.25) is 0 Å². The van der Waals surface area contributed by atoms with E-state index in [1.807, 2.05) is 6.92 Å². The zero-order valence-corrected chi connectivity index (χ0v) is 19.3. The summed E-state index contributed by atoms with van der Waals surface area (Å²) in [6.45, 7) is 4.17. The zero-order valence-electron chi connectivity index (χ0n) is 15.4. The SMILES string of the molecule is CCNC(=NCc1ccc(S(N)(=O)=O)s1)NCCCCC1CCCC1.I. The summed E-state index contributed by atoms with van der Waals surface area (Å²) in [5.41, 5.74) is 0. The van der Waals surface area contributed by atoms with Gasteiger partial charge in [0.1, 0.15) is 4.21 Å². The average Bonchev–Trinajstić information content (AvgIpc) is 3.23. The standard InChI is InChI=1S/C17H30N4O2S2.HI/c1-2-19-17(20-12-6-5-9-14-7-3-4-8-14)21-13-15-10-11-16(24-15)25(18,22)23;/h10-11,14H,2-9,12-13H2,1H3,(H2,18,22,23)(H2,19,20,21);1H. The third-order valence-corrected chi connectivity index (χ3v) is 6.97. The molecular formula is C17H31IN4O2S2. The Morgan fingerprint density at radius 2 is 2.00 bits per heavy atom. The molecule has 1 heterocycles. The summed E-state index contributed by atoms with van der Waals surface area (Å²) in [6.07, 6.45) is 9.42. The van der Waals surface area contributed by atoms with Crippen LogP contribution in [0.4, 0.5) is 0 Å². The van der Waals surface area contributed by atoms with Crippen LogP contribution < -0.4 is 15.8 Å². The number of primary sulfonamides is 1. The fourth-order valence-electron chi connectivity index (χ4n) is 3.16. The molecular weight excluding hydrogens is 483 g/mol. The Morgan fingerprint density at radius 3 is 2.62 bits per heavy atom. The molecule has 1 aliphatic rings. The highest BCUT2D eigenvalue weighted by Crippen LogP contribution is 2.28. The van der Waals surface area contributed by atoms with Gasteiger partial charge in [0, 0.05) is 18.0 Å². The van der Waals surface area contributed by atoms with Crippen LogP contribution >= 0.6 is 35.3 Å². The number of guanidine groups is 1. The normalized spacial score (nSPS) is 15.7. The van der Waals surface area contributed by atoms with Crippen LogP contribution in [0.15, 0.2) is 21.3 Å². The minimum absolute atomic E-state index is 0. The van der Waals surface area contributed by atoms with E-state index >= 15 is 0 Å². The van der Waals surface area contributed by atoms with Crippen molar-refractivity contribution in [3.8, 4) is 0 Å². The van der Waals surface area contributed by atoms with Gasteiger partial charge in [-0.1, -0.05) is 38.5 Å². The Hall–Kier alpha value is -0.390. The summed E-state index contributed by atoms with van der Waals surface area (Å²) in [6, 6.07) is 3.30. The summed E-state index contributed by atoms with van der Waals surface area (Å²) < 4.78 is 22.8. The number of halogens is 1. The first-order valence-electron chi connectivity index (χ1n) is 9.12. The first-order valence-corrected chi connectivity index (χ1v) is 11.5. The third-order valence-electron chi connectivity index (χ3n) is 4.46. The molecule has 0 saturated heterocycles. The Kier molecular flexibility index (Phi) is 11.0. The fraction of sp³-hybridized carbons (Fsp3) is 0.706. The van der Waals surface area contributed by atoms with E-state index in [1.54, 1.807) is 6.07 Å². The van der Waals surface area contributed by atoms with Crippen molar-refractivity contribution in [2.24, 2.45) is 16.0 Å². The number of aliphatic imine (C=N–C) groups is 1. The lowest BCUT2D eigenvalue weighted by atomic mass is 10.0. The predicted molar refractivity (Wildman–Crippen MR) is 120 cm³/mol. The van der Waals surface area contributed by atoms with E-state index in [1.165, 1.54) is 55.9 Å². The summed E-state index contributed by atoms with van der Waals surface area (Å²) in [5.74, 6) is 1.72. The number of nitrogens with zero attached hydrogens (tertiary/aromatic N) is 1. The maximum absolute atomic E-state index is 11.3. The van der Waals surface area contributed by atoms with Gasteiger partial charge in [0.25, 0.3) is 0 Å². The van der Waals surface area contributed by atoms with Crippen LogP contribution in [0.25, 0.3) is 0 Å². The average molecular weight is 514 g/mol. The molecule has 1 saturated carbocycles. The van der Waals surface area contributed by atoms with E-state index in [-0.39, 0.29) is 28.2 Å². The predicted octanol–water partition coefficient (Wildman–Crippen LogP) is 3.43. The molecule has 0 unspecified atom stereocenters. The van der Waals surface area contributed by atoms with Gasteiger partial charge in [-0.25, -0.2) is 18.5 Å². The van der Waals surface area contributed by atoms with Crippen LogP contribution in [0.1, 0.15) is 56.7 Å². The number of nitrogens with two attached hydrogens (primary N) is 1. The van der Waals surface area contributed by atoms with Crippen LogP contribution in [0.3, 0.4) is 0 Å². The van der Waals surface area contributed by atoms with Crippen LogP contribution in [-0.4, -0.2) is 27.5 Å². The van der Waals surface area contributed by atoms with Gasteiger partial charge >= 0.3 is 0 Å². The largest absolute Gasteiger partial charge is 0.357 e. The van der Waals surface area contributed by atoms with E-state index in [0.29, 0.717) is 6.54 Å². The summed E-state index contributed by atoms with van der Waals surface area (Å²) >= 11 is 1.17. The molecule has 9 heteroatoms. The minimum Gasteiger partial charge on any atom is -0.357 e. The first kappa shape index (κ1) is 23.6. The number of rotatable bonds is 9. The van der Waals surface area contributed by atoms with Gasteiger partial charge in [0.2, 0.25) is 10.0 Å². The molecule has 0 aromatic carbocycles. The van der Waals surface area contributed by atoms with Crippen LogP contribution in [0.2, 0.25) is 0 Å². The van der Waals surface area contributed by atoms with Crippen LogP contribution in [-0.2, 0) is 16.6 Å². The second kappa shape index (κ2) is 12.1. The third kappa shape index (κ3) is 8.53. The second-order valence-corrected chi connectivity index (χ2v) is 9.49. The number of thiophene rings is 1. The molecule has 150 valence electrons. The number of unbranched alkanes of at least 4 members (excludes halogenated alkanes) is 1. The minimum atomic E-state index is -3.62. The highest BCUT2D eigenvalue weighted by atomic mass is 127. The lowest BCUT2D eigenvalue weighted by molar-refractivity contribution is 0.472. The van der Waals surface area contributed by atoms with Crippen molar-refractivity contribution in [3.05, 3.63) is 17.0 Å². The van der Waals surface area contributed by atoms with Gasteiger partial charge in [-0.05, 0) is 31.4 Å². The molecule has 4 N–H and O–H groups in total. The Balaban J connectivity index is 0.00000338. The lowest BCUT2D eigenvalue weighted by Gasteiger charge is -2.12. The van der Waals surface area contributed by atoms with Crippen LogP contribution in [0.5, 0.6) is 0 Å². The maximum Gasteiger partial charge on any atom is 0.247 e. The van der Waals surface area contributed by atoms with E-state index in [4.69, 9.17) is 5.14 Å². The number of sulfonamides is 1. The van der Waals surface area contributed by atoms with Crippen molar-refractivity contribution < 1.29 is 8.42 Å². The molecule has 26 heavy (non-hydrogen) atoms. The quantitative estimate of drug-likeness (QED) is 0.204. The maximum atomic E-state index is 11.3. The number of hydrogen-bond donors (Lipinski definition) is 3. The van der Waals surface area contributed by atoms with Gasteiger partial charge in [-0.2, -0.15) is 0 Å². The van der Waals surface area contributed by atoms with E-state index in [0.717, 1.165) is 36.3 Å². The molecule has 2 rings (SSSR count). The van der Waals surface area contributed by atoms with Gasteiger partial charge in [0.15, 0.2) is 5.96 Å². The van der Waals surface area contributed by atoms with Crippen molar-refractivity contribution in [1.29, 1.82) is 0 Å². The van der Waals surface area contributed by atoms with Gasteiger partial charge in [-0.15, -0.1) is 35.3 Å². The Morgan fingerprint density at radius 1 is 1.27 bits per heavy atom. The highest BCUT2D eigenvalue weighted by Gasteiger charge is 2.14. The Bertz CT molecular complexity index is 655. The summed E-state index contributed by atoms with van der Waals surface area (Å²) in [5, 5.41) is 11.7. The molecule has 0 bridgehead atoms. The van der Waals surface area contributed by atoms with Gasteiger partial charge < -0.3 is 10.6 Å². The van der Waals surface area contributed by atoms with Gasteiger partial charge in [0.05, 0.1) is 6.54 Å². The first-order chi connectivity index (χ1) is 12.0. The molecule has 1 aromatic heterocycles. The molecule has 0 radical (unpaired) electrons. The summed E-state index contributed by atoms with van der Waals surface area (Å²) in [7, 11) is -3.62. The summed E-state index contributed by atoms with van der Waals surface area (Å²) in [4.78, 5) is 5.40. The number of hydrogen-bond acceptors (Lipinski definition) is 4. The van der Waals surface area contributed by atoms with Crippen molar-refractivity contribution in [1.82, 2.24) is 10.6 Å². The molecule has 0 spiro atoms. The Labute approximate surface area is 178 Å². The molecule has 0 atom stereocenters. The van der Waals surface area contributed by atoms with Crippen molar-refractivity contribution in [2.75, 3.05) is 13.1 Å².